The molecule has 0 bridgehead atoms. The molecule has 0 fully saturated rings. The Balaban J connectivity index is 3.18. The van der Waals surface area contributed by atoms with E-state index >= 15 is 0 Å². The van der Waals surface area contributed by atoms with Crippen LogP contribution in [0.15, 0.2) is 12.1 Å². The fourth-order valence-corrected chi connectivity index (χ4v) is 1.21. The van der Waals surface area contributed by atoms with Crippen molar-refractivity contribution in [3.05, 3.63) is 28.5 Å². The van der Waals surface area contributed by atoms with E-state index in [2.05, 4.69) is 0 Å². The molecule has 0 heterocycles. The molecule has 0 amide bonds. The third-order valence-electron chi connectivity index (χ3n) is 1.94. The third kappa shape index (κ3) is 1.92. The van der Waals surface area contributed by atoms with E-state index in [4.69, 9.17) is 22.4 Å². The number of aromatic hydroxyl groups is 1. The van der Waals surface area contributed by atoms with Gasteiger partial charge in [-0.2, -0.15) is 0 Å². The van der Waals surface area contributed by atoms with Crippen LogP contribution >= 0.6 is 11.6 Å². The second-order valence-corrected chi connectivity index (χ2v) is 3.22. The summed E-state index contributed by atoms with van der Waals surface area (Å²) in [4.78, 5) is 0. The van der Waals surface area contributed by atoms with Crippen molar-refractivity contribution in [1.82, 2.24) is 0 Å². The molecule has 72 valence electrons. The molecule has 0 aromatic heterocycles. The van der Waals surface area contributed by atoms with Gasteiger partial charge in [0, 0.05) is 11.6 Å². The van der Waals surface area contributed by atoms with Crippen molar-refractivity contribution in [1.29, 1.82) is 0 Å². The molecule has 0 aliphatic carbocycles. The van der Waals surface area contributed by atoms with E-state index in [0.717, 1.165) is 0 Å². The van der Waals surface area contributed by atoms with Gasteiger partial charge < -0.3 is 10.8 Å². The lowest BCUT2D eigenvalue weighted by Gasteiger charge is -2.11. The molecule has 4 heteroatoms. The van der Waals surface area contributed by atoms with E-state index in [1.807, 2.05) is 6.92 Å². The maximum Gasteiger partial charge on any atom is 0.171 e. The van der Waals surface area contributed by atoms with E-state index in [9.17, 15) is 4.39 Å². The zero-order valence-corrected chi connectivity index (χ0v) is 7.98. The molecular weight excluding hydrogens is 193 g/mol. The highest BCUT2D eigenvalue weighted by Gasteiger charge is 2.15. The molecule has 0 aliphatic rings. The van der Waals surface area contributed by atoms with Crippen molar-refractivity contribution in [3.63, 3.8) is 0 Å². The van der Waals surface area contributed by atoms with E-state index in [0.29, 0.717) is 12.0 Å². The topological polar surface area (TPSA) is 46.2 Å². The predicted octanol–water partition coefficient (Wildman–Crippen LogP) is 2.59. The third-order valence-corrected chi connectivity index (χ3v) is 2.24. The maximum atomic E-state index is 13.3. The Labute approximate surface area is 81.1 Å². The van der Waals surface area contributed by atoms with Crippen LogP contribution in [-0.2, 0) is 0 Å². The first-order chi connectivity index (χ1) is 6.07. The Bertz CT molecular complexity index is 317. The van der Waals surface area contributed by atoms with Crippen LogP contribution in [0.25, 0.3) is 0 Å². The van der Waals surface area contributed by atoms with Crippen LogP contribution in [0, 0.1) is 5.82 Å². The van der Waals surface area contributed by atoms with E-state index in [1.54, 1.807) is 0 Å². The summed E-state index contributed by atoms with van der Waals surface area (Å²) < 4.78 is 13.3. The summed E-state index contributed by atoms with van der Waals surface area (Å²) in [5.41, 5.74) is 5.92. The van der Waals surface area contributed by atoms with Gasteiger partial charge in [-0.05, 0) is 12.5 Å². The van der Waals surface area contributed by atoms with Crippen LogP contribution < -0.4 is 5.73 Å². The van der Waals surface area contributed by atoms with Crippen LogP contribution in [0.1, 0.15) is 24.9 Å². The number of phenols is 1. The summed E-state index contributed by atoms with van der Waals surface area (Å²) in [7, 11) is 0. The van der Waals surface area contributed by atoms with Crippen molar-refractivity contribution >= 4 is 11.6 Å². The molecule has 2 nitrogen and oxygen atoms in total. The largest absolute Gasteiger partial charge is 0.504 e. The van der Waals surface area contributed by atoms with Crippen LogP contribution in [0.4, 0.5) is 4.39 Å². The predicted molar refractivity (Wildman–Crippen MR) is 50.3 cm³/mol. The van der Waals surface area contributed by atoms with Crippen molar-refractivity contribution < 1.29 is 9.50 Å². The molecule has 13 heavy (non-hydrogen) atoms. The Morgan fingerprint density at radius 1 is 1.62 bits per heavy atom. The summed E-state index contributed by atoms with van der Waals surface area (Å²) in [6.45, 7) is 1.84. The number of rotatable bonds is 2. The first-order valence-corrected chi connectivity index (χ1v) is 4.38. The van der Waals surface area contributed by atoms with E-state index in [-0.39, 0.29) is 5.02 Å². The van der Waals surface area contributed by atoms with Crippen LogP contribution in [0.2, 0.25) is 5.02 Å². The van der Waals surface area contributed by atoms with Gasteiger partial charge in [-0.1, -0.05) is 24.6 Å². The second kappa shape index (κ2) is 3.94. The second-order valence-electron chi connectivity index (χ2n) is 2.81. The fraction of sp³-hybridized carbons (Fsp3) is 0.333. The SMILES string of the molecule is CCC(N)c1ccc(Cl)c(O)c1F. The summed E-state index contributed by atoms with van der Waals surface area (Å²) >= 11 is 5.50. The Kier molecular flexibility index (Phi) is 3.12. The highest BCUT2D eigenvalue weighted by molar-refractivity contribution is 6.32. The van der Waals surface area contributed by atoms with Gasteiger partial charge in [0.2, 0.25) is 0 Å². The van der Waals surface area contributed by atoms with Crippen LogP contribution in [-0.4, -0.2) is 5.11 Å². The fourth-order valence-electron chi connectivity index (χ4n) is 1.06. The number of benzene rings is 1. The van der Waals surface area contributed by atoms with Gasteiger partial charge in [0.1, 0.15) is 0 Å². The zero-order chi connectivity index (χ0) is 10.0. The number of nitrogens with two attached hydrogens (primary N) is 1. The zero-order valence-electron chi connectivity index (χ0n) is 7.22. The lowest BCUT2D eigenvalue weighted by Crippen LogP contribution is -2.10. The van der Waals surface area contributed by atoms with Gasteiger partial charge in [-0.25, -0.2) is 4.39 Å². The van der Waals surface area contributed by atoms with Gasteiger partial charge in [0.25, 0.3) is 0 Å². The molecule has 0 spiro atoms. The Morgan fingerprint density at radius 3 is 2.77 bits per heavy atom. The van der Waals surface area contributed by atoms with E-state index < -0.39 is 17.6 Å². The maximum absolute atomic E-state index is 13.3. The number of halogens is 2. The smallest absolute Gasteiger partial charge is 0.171 e. The molecule has 0 radical (unpaired) electrons. The van der Waals surface area contributed by atoms with Crippen molar-refractivity contribution in [3.8, 4) is 5.75 Å². The van der Waals surface area contributed by atoms with Gasteiger partial charge in [0.05, 0.1) is 5.02 Å². The molecule has 1 rings (SSSR count). The lowest BCUT2D eigenvalue weighted by atomic mass is 10.0. The lowest BCUT2D eigenvalue weighted by molar-refractivity contribution is 0.425. The molecule has 1 atom stereocenters. The summed E-state index contributed by atoms with van der Waals surface area (Å²) in [5.74, 6) is -1.25. The normalized spacial score (nSPS) is 12.9. The Hall–Kier alpha value is -0.800. The number of hydrogen-bond donors (Lipinski definition) is 2. The summed E-state index contributed by atoms with van der Waals surface area (Å²) in [6.07, 6.45) is 0.609. The van der Waals surface area contributed by atoms with Crippen molar-refractivity contribution in [2.75, 3.05) is 0 Å². The number of phenolic OH excluding ortho intramolecular Hbond substituents is 1. The van der Waals surface area contributed by atoms with Crippen LogP contribution in [0.3, 0.4) is 0 Å². The molecular formula is C9H11ClFNO. The van der Waals surface area contributed by atoms with Crippen molar-refractivity contribution in [2.24, 2.45) is 5.73 Å². The monoisotopic (exact) mass is 203 g/mol. The van der Waals surface area contributed by atoms with E-state index in [1.165, 1.54) is 12.1 Å². The molecule has 1 unspecified atom stereocenters. The molecule has 3 N–H and O–H groups in total. The first kappa shape index (κ1) is 10.3. The first-order valence-electron chi connectivity index (χ1n) is 4.00. The molecule has 1 aromatic carbocycles. The van der Waals surface area contributed by atoms with Gasteiger partial charge in [-0.15, -0.1) is 0 Å². The highest BCUT2D eigenvalue weighted by Crippen LogP contribution is 2.31. The van der Waals surface area contributed by atoms with Crippen molar-refractivity contribution in [2.45, 2.75) is 19.4 Å². The highest BCUT2D eigenvalue weighted by atomic mass is 35.5. The molecule has 0 aliphatic heterocycles. The standard InChI is InChI=1S/C9H11ClFNO/c1-2-7(12)5-3-4-6(10)9(13)8(5)11/h3-4,7,13H,2,12H2,1H3. The summed E-state index contributed by atoms with van der Waals surface area (Å²) in [6, 6.07) is 2.53. The van der Waals surface area contributed by atoms with Gasteiger partial charge >= 0.3 is 0 Å². The Morgan fingerprint density at radius 2 is 2.23 bits per heavy atom. The minimum Gasteiger partial charge on any atom is -0.504 e. The van der Waals surface area contributed by atoms with Gasteiger partial charge in [0.15, 0.2) is 11.6 Å². The minimum atomic E-state index is -0.721. The summed E-state index contributed by atoms with van der Waals surface area (Å²) in [5, 5.41) is 9.17. The van der Waals surface area contributed by atoms with Gasteiger partial charge in [-0.3, -0.25) is 0 Å². The average molecular weight is 204 g/mol. The molecule has 0 saturated carbocycles. The molecule has 1 aromatic rings. The quantitative estimate of drug-likeness (QED) is 0.776. The average Bonchev–Trinajstić information content (AvgIpc) is 2.13. The molecule has 0 saturated heterocycles. The minimum absolute atomic E-state index is 0.00422. The number of hydrogen-bond acceptors (Lipinski definition) is 2. The van der Waals surface area contributed by atoms with Crippen LogP contribution in [0.5, 0.6) is 5.75 Å².